The van der Waals surface area contributed by atoms with Crippen LogP contribution in [-0.2, 0) is 9.47 Å². The van der Waals surface area contributed by atoms with Gasteiger partial charge >= 0.3 is 0 Å². The van der Waals surface area contributed by atoms with Crippen molar-refractivity contribution >= 4 is 47.4 Å². The summed E-state index contributed by atoms with van der Waals surface area (Å²) in [5.41, 5.74) is 1.11. The fourth-order valence-electron chi connectivity index (χ4n) is 3.84. The van der Waals surface area contributed by atoms with Crippen LogP contribution >= 0.6 is 35.7 Å². The Balaban J connectivity index is 0.00000341. The highest BCUT2D eigenvalue weighted by Crippen LogP contribution is 2.34. The molecule has 176 valence electrons. The molecule has 2 aliphatic heterocycles. The number of nitrogens with one attached hydrogen (secondary N) is 2. The maximum absolute atomic E-state index is 5.83. The smallest absolute Gasteiger partial charge is 0.195 e. The predicted molar refractivity (Wildman–Crippen MR) is 141 cm³/mol. The third-order valence-electron chi connectivity index (χ3n) is 5.50. The minimum Gasteiger partial charge on any atom is -0.493 e. The second-order valence-electron chi connectivity index (χ2n) is 7.67. The molecule has 31 heavy (non-hydrogen) atoms. The fourth-order valence-corrected chi connectivity index (χ4v) is 5.30. The lowest BCUT2D eigenvalue weighted by Crippen LogP contribution is -2.56. The quantitative estimate of drug-likeness (QED) is 0.196. The van der Waals surface area contributed by atoms with Crippen molar-refractivity contribution in [3.05, 3.63) is 24.3 Å². The van der Waals surface area contributed by atoms with Crippen LogP contribution in [0, 0.1) is 0 Å². The van der Waals surface area contributed by atoms with Gasteiger partial charge in [0.05, 0.1) is 31.9 Å². The number of aliphatic imine (C=N–C) groups is 1. The molecular formula is C22H37IN4O3S. The maximum atomic E-state index is 5.83. The van der Waals surface area contributed by atoms with Gasteiger partial charge in [-0.15, -0.1) is 24.0 Å². The number of hydrogen-bond acceptors (Lipinski definition) is 6. The second-order valence-corrected chi connectivity index (χ2v) is 8.77. The van der Waals surface area contributed by atoms with Crippen molar-refractivity contribution in [1.82, 2.24) is 10.2 Å². The number of morpholine rings is 1. The first-order valence-corrected chi connectivity index (χ1v) is 12.1. The molecule has 0 radical (unpaired) electrons. The van der Waals surface area contributed by atoms with E-state index in [1.807, 2.05) is 36.0 Å². The molecule has 1 atom stereocenters. The highest BCUT2D eigenvalue weighted by Gasteiger charge is 2.40. The van der Waals surface area contributed by atoms with Gasteiger partial charge in [0.15, 0.2) is 5.96 Å². The largest absolute Gasteiger partial charge is 0.493 e. The molecule has 2 saturated heterocycles. The van der Waals surface area contributed by atoms with Crippen LogP contribution in [0.1, 0.15) is 19.8 Å². The summed E-state index contributed by atoms with van der Waals surface area (Å²) in [5.74, 6) is 4.02. The van der Waals surface area contributed by atoms with Gasteiger partial charge in [-0.1, -0.05) is 6.07 Å². The number of benzene rings is 1. The van der Waals surface area contributed by atoms with Crippen LogP contribution in [0.2, 0.25) is 0 Å². The first-order chi connectivity index (χ1) is 14.8. The van der Waals surface area contributed by atoms with Gasteiger partial charge in [0.2, 0.25) is 0 Å². The molecule has 0 saturated carbocycles. The van der Waals surface area contributed by atoms with Crippen molar-refractivity contribution in [3.63, 3.8) is 0 Å². The van der Waals surface area contributed by atoms with E-state index in [4.69, 9.17) is 19.2 Å². The van der Waals surface area contributed by atoms with Gasteiger partial charge in [-0.05, 0) is 31.2 Å². The standard InChI is InChI=1S/C22H36N4O3S.HI/c1-3-23-21(25-19-6-4-7-20(16-19)29-12-5-11-27-2)24-17-22(8-15-30-18-22)26-9-13-28-14-10-26;/h4,6-7,16H,3,5,8-15,17-18H2,1-2H3,(H2,23,24,25);1H. The van der Waals surface area contributed by atoms with E-state index in [2.05, 4.69) is 22.5 Å². The zero-order valence-corrected chi connectivity index (χ0v) is 21.9. The number of anilines is 1. The van der Waals surface area contributed by atoms with Crippen LogP contribution in [0.4, 0.5) is 5.69 Å². The maximum Gasteiger partial charge on any atom is 0.195 e. The summed E-state index contributed by atoms with van der Waals surface area (Å²) in [4.78, 5) is 7.59. The minimum absolute atomic E-state index is 0. The highest BCUT2D eigenvalue weighted by molar-refractivity contribution is 14.0. The van der Waals surface area contributed by atoms with Gasteiger partial charge in [-0.3, -0.25) is 9.89 Å². The normalized spacial score (nSPS) is 22.1. The number of ether oxygens (including phenoxy) is 3. The van der Waals surface area contributed by atoms with Crippen LogP contribution in [-0.4, -0.2) is 87.6 Å². The van der Waals surface area contributed by atoms with E-state index < -0.39 is 0 Å². The van der Waals surface area contributed by atoms with E-state index in [0.717, 1.165) is 69.0 Å². The summed E-state index contributed by atoms with van der Waals surface area (Å²) in [6, 6.07) is 8.03. The van der Waals surface area contributed by atoms with Crippen molar-refractivity contribution in [3.8, 4) is 5.75 Å². The van der Waals surface area contributed by atoms with Gasteiger partial charge < -0.3 is 24.8 Å². The average Bonchev–Trinajstić information content (AvgIpc) is 3.27. The van der Waals surface area contributed by atoms with E-state index in [9.17, 15) is 0 Å². The molecule has 0 bridgehead atoms. The van der Waals surface area contributed by atoms with Crippen molar-refractivity contribution in [2.45, 2.75) is 25.3 Å². The summed E-state index contributed by atoms with van der Waals surface area (Å²) in [6.07, 6.45) is 2.06. The van der Waals surface area contributed by atoms with Gasteiger partial charge in [0.25, 0.3) is 0 Å². The lowest BCUT2D eigenvalue weighted by molar-refractivity contribution is -0.0104. The number of guanidine groups is 1. The Bertz CT molecular complexity index is 668. The topological polar surface area (TPSA) is 67.4 Å². The summed E-state index contributed by atoms with van der Waals surface area (Å²) in [7, 11) is 1.71. The summed E-state index contributed by atoms with van der Waals surface area (Å²) < 4.78 is 16.5. The Labute approximate surface area is 208 Å². The third kappa shape index (κ3) is 8.27. The van der Waals surface area contributed by atoms with Gasteiger partial charge in [0.1, 0.15) is 5.75 Å². The first kappa shape index (κ1) is 26.5. The van der Waals surface area contributed by atoms with Crippen LogP contribution in [0.5, 0.6) is 5.75 Å². The Morgan fingerprint density at radius 3 is 2.84 bits per heavy atom. The Kier molecular flexibility index (Phi) is 12.3. The molecule has 0 spiro atoms. The number of thioether (sulfide) groups is 1. The predicted octanol–water partition coefficient (Wildman–Crippen LogP) is 3.31. The molecule has 2 fully saturated rings. The Morgan fingerprint density at radius 1 is 1.29 bits per heavy atom. The lowest BCUT2D eigenvalue weighted by Gasteiger charge is -2.42. The number of nitrogens with zero attached hydrogens (tertiary/aromatic N) is 2. The zero-order chi connectivity index (χ0) is 21.1. The summed E-state index contributed by atoms with van der Waals surface area (Å²) >= 11 is 2.04. The monoisotopic (exact) mass is 564 g/mol. The molecule has 1 unspecified atom stereocenters. The Morgan fingerprint density at radius 2 is 2.13 bits per heavy atom. The first-order valence-electron chi connectivity index (χ1n) is 10.9. The zero-order valence-electron chi connectivity index (χ0n) is 18.7. The van der Waals surface area contributed by atoms with Gasteiger partial charge in [-0.2, -0.15) is 11.8 Å². The van der Waals surface area contributed by atoms with Crippen LogP contribution in [0.25, 0.3) is 0 Å². The molecule has 9 heteroatoms. The summed E-state index contributed by atoms with van der Waals surface area (Å²) in [6.45, 7) is 8.71. The molecule has 3 rings (SSSR count). The number of hydrogen-bond donors (Lipinski definition) is 2. The molecule has 2 N–H and O–H groups in total. The molecule has 1 aromatic rings. The Hall–Kier alpha value is -0.750. The third-order valence-corrected chi connectivity index (χ3v) is 6.73. The van der Waals surface area contributed by atoms with Crippen LogP contribution < -0.4 is 15.4 Å². The molecule has 0 aromatic heterocycles. The average molecular weight is 565 g/mol. The van der Waals surface area contributed by atoms with E-state index >= 15 is 0 Å². The van der Waals surface area contributed by atoms with Crippen molar-refractivity contribution in [2.75, 3.05) is 76.5 Å². The lowest BCUT2D eigenvalue weighted by atomic mass is 9.96. The van der Waals surface area contributed by atoms with Crippen LogP contribution in [0.15, 0.2) is 29.3 Å². The van der Waals surface area contributed by atoms with Crippen molar-refractivity contribution < 1.29 is 14.2 Å². The van der Waals surface area contributed by atoms with Crippen molar-refractivity contribution in [1.29, 1.82) is 0 Å². The van der Waals surface area contributed by atoms with Crippen molar-refractivity contribution in [2.24, 2.45) is 4.99 Å². The second kappa shape index (κ2) is 14.4. The van der Waals surface area contributed by atoms with E-state index in [1.165, 1.54) is 12.2 Å². The fraction of sp³-hybridized carbons (Fsp3) is 0.682. The van der Waals surface area contributed by atoms with E-state index in [-0.39, 0.29) is 29.5 Å². The SMILES string of the molecule is CCNC(=NCC1(N2CCOCC2)CCSC1)Nc1cccc(OCCCOC)c1.I. The minimum atomic E-state index is 0. The van der Waals surface area contributed by atoms with Gasteiger partial charge in [0, 0.05) is 57.3 Å². The number of methoxy groups -OCH3 is 1. The number of rotatable bonds is 10. The van der Waals surface area contributed by atoms with Gasteiger partial charge in [-0.25, -0.2) is 0 Å². The molecular weight excluding hydrogens is 527 g/mol. The highest BCUT2D eigenvalue weighted by atomic mass is 127. The molecule has 0 aliphatic carbocycles. The van der Waals surface area contributed by atoms with E-state index in [0.29, 0.717) is 13.2 Å². The van der Waals surface area contributed by atoms with Crippen LogP contribution in [0.3, 0.4) is 0 Å². The molecule has 7 nitrogen and oxygen atoms in total. The number of halogens is 1. The molecule has 0 amide bonds. The molecule has 2 heterocycles. The molecule has 1 aromatic carbocycles. The molecule has 2 aliphatic rings. The van der Waals surface area contributed by atoms with E-state index in [1.54, 1.807) is 7.11 Å². The summed E-state index contributed by atoms with van der Waals surface area (Å²) in [5, 5.41) is 6.84.